The van der Waals surface area contributed by atoms with Crippen LogP contribution in [0, 0.1) is 5.92 Å². The van der Waals surface area contributed by atoms with Gasteiger partial charge in [0.25, 0.3) is 0 Å². The molecule has 0 fully saturated rings. The summed E-state index contributed by atoms with van der Waals surface area (Å²) in [7, 11) is 0. The first-order valence-corrected chi connectivity index (χ1v) is 6.32. The molecule has 0 rings (SSSR count). The Bertz CT molecular complexity index is 202. The van der Waals surface area contributed by atoms with Crippen molar-refractivity contribution in [1.82, 2.24) is 4.90 Å². The molecule has 0 radical (unpaired) electrons. The fourth-order valence-electron chi connectivity index (χ4n) is 1.95. The Morgan fingerprint density at radius 1 is 1.12 bits per heavy atom. The van der Waals surface area contributed by atoms with Crippen LogP contribution in [-0.4, -0.2) is 34.6 Å². The Hall–Kier alpha value is -0.570. The molecule has 0 saturated heterocycles. The third-order valence-corrected chi connectivity index (χ3v) is 2.98. The standard InChI is InChI=1S/C13H27NO2/c1-10(2)6-7-12(5)14(11(3)4)9-8-13(15)16/h10-12H,6-9H2,1-5H3,(H,15,16). The Labute approximate surface area is 99.8 Å². The van der Waals surface area contributed by atoms with Crippen LogP contribution in [0.15, 0.2) is 0 Å². The summed E-state index contributed by atoms with van der Waals surface area (Å²) < 4.78 is 0. The van der Waals surface area contributed by atoms with E-state index in [1.807, 2.05) is 0 Å². The molecule has 3 heteroatoms. The number of nitrogens with zero attached hydrogens (tertiary/aromatic N) is 1. The zero-order valence-electron chi connectivity index (χ0n) is 11.4. The molecule has 16 heavy (non-hydrogen) atoms. The van der Waals surface area contributed by atoms with Crippen molar-refractivity contribution in [2.75, 3.05) is 6.54 Å². The fraction of sp³-hybridized carbons (Fsp3) is 0.923. The van der Waals surface area contributed by atoms with Gasteiger partial charge in [0.15, 0.2) is 0 Å². The molecule has 0 aliphatic carbocycles. The second-order valence-electron chi connectivity index (χ2n) is 5.30. The number of carboxylic acid groups (broad SMARTS) is 1. The number of hydrogen-bond acceptors (Lipinski definition) is 2. The van der Waals surface area contributed by atoms with E-state index in [1.54, 1.807) is 0 Å². The van der Waals surface area contributed by atoms with E-state index in [0.717, 1.165) is 12.3 Å². The minimum atomic E-state index is -0.707. The molecule has 1 N–H and O–H groups in total. The molecule has 0 aromatic carbocycles. The van der Waals surface area contributed by atoms with E-state index in [9.17, 15) is 4.79 Å². The van der Waals surface area contributed by atoms with E-state index in [2.05, 4.69) is 39.5 Å². The summed E-state index contributed by atoms with van der Waals surface area (Å²) in [5, 5.41) is 8.72. The largest absolute Gasteiger partial charge is 0.481 e. The van der Waals surface area contributed by atoms with Gasteiger partial charge in [-0.1, -0.05) is 13.8 Å². The van der Waals surface area contributed by atoms with Crippen molar-refractivity contribution in [2.45, 2.75) is 66.0 Å². The number of carboxylic acids is 1. The SMILES string of the molecule is CC(C)CCC(C)N(CCC(=O)O)C(C)C. The summed E-state index contributed by atoms with van der Waals surface area (Å²) in [5.74, 6) is 0.0117. The summed E-state index contributed by atoms with van der Waals surface area (Å²) in [6.07, 6.45) is 2.59. The average molecular weight is 229 g/mol. The molecule has 0 bridgehead atoms. The summed E-state index contributed by atoms with van der Waals surface area (Å²) >= 11 is 0. The highest BCUT2D eigenvalue weighted by atomic mass is 16.4. The third-order valence-electron chi connectivity index (χ3n) is 2.98. The molecule has 0 aromatic heterocycles. The van der Waals surface area contributed by atoms with E-state index in [1.165, 1.54) is 6.42 Å². The van der Waals surface area contributed by atoms with Gasteiger partial charge in [-0.05, 0) is 39.5 Å². The van der Waals surface area contributed by atoms with Crippen LogP contribution in [0.2, 0.25) is 0 Å². The number of hydrogen-bond donors (Lipinski definition) is 1. The Kier molecular flexibility index (Phi) is 7.39. The molecule has 1 atom stereocenters. The molecular formula is C13H27NO2. The number of carbonyl (C=O) groups is 1. The second kappa shape index (κ2) is 7.66. The Morgan fingerprint density at radius 3 is 2.06 bits per heavy atom. The topological polar surface area (TPSA) is 40.5 Å². The van der Waals surface area contributed by atoms with Crippen molar-refractivity contribution in [1.29, 1.82) is 0 Å². The number of rotatable bonds is 8. The van der Waals surface area contributed by atoms with Crippen LogP contribution in [0.25, 0.3) is 0 Å². The molecule has 96 valence electrons. The van der Waals surface area contributed by atoms with Crippen LogP contribution in [0.1, 0.15) is 53.9 Å². The molecule has 3 nitrogen and oxygen atoms in total. The molecule has 0 saturated carbocycles. The van der Waals surface area contributed by atoms with Gasteiger partial charge in [0, 0.05) is 18.6 Å². The first-order valence-electron chi connectivity index (χ1n) is 6.32. The van der Waals surface area contributed by atoms with E-state index in [4.69, 9.17) is 5.11 Å². The summed E-state index contributed by atoms with van der Waals surface area (Å²) in [5.41, 5.74) is 0. The molecule has 0 spiro atoms. The summed E-state index contributed by atoms with van der Waals surface area (Å²) in [6.45, 7) is 11.6. The van der Waals surface area contributed by atoms with Gasteiger partial charge >= 0.3 is 5.97 Å². The molecule has 0 amide bonds. The molecular weight excluding hydrogens is 202 g/mol. The predicted octanol–water partition coefficient (Wildman–Crippen LogP) is 3.00. The molecule has 0 heterocycles. The Balaban J connectivity index is 4.12. The van der Waals surface area contributed by atoms with E-state index in [0.29, 0.717) is 18.6 Å². The minimum absolute atomic E-state index is 0.240. The summed E-state index contributed by atoms with van der Waals surface area (Å²) in [6, 6.07) is 0.892. The zero-order chi connectivity index (χ0) is 12.7. The van der Waals surface area contributed by atoms with Gasteiger partial charge in [0.05, 0.1) is 6.42 Å². The van der Waals surface area contributed by atoms with Crippen LogP contribution >= 0.6 is 0 Å². The van der Waals surface area contributed by atoms with Crippen LogP contribution in [-0.2, 0) is 4.79 Å². The van der Waals surface area contributed by atoms with Crippen molar-refractivity contribution in [2.24, 2.45) is 5.92 Å². The number of aliphatic carboxylic acids is 1. The smallest absolute Gasteiger partial charge is 0.304 e. The monoisotopic (exact) mass is 229 g/mol. The lowest BCUT2D eigenvalue weighted by molar-refractivity contribution is -0.137. The van der Waals surface area contributed by atoms with Gasteiger partial charge in [-0.15, -0.1) is 0 Å². The van der Waals surface area contributed by atoms with E-state index >= 15 is 0 Å². The average Bonchev–Trinajstić information content (AvgIpc) is 2.13. The van der Waals surface area contributed by atoms with Crippen LogP contribution in [0.5, 0.6) is 0 Å². The maximum atomic E-state index is 10.6. The quantitative estimate of drug-likeness (QED) is 0.695. The van der Waals surface area contributed by atoms with E-state index < -0.39 is 5.97 Å². The molecule has 0 aliphatic heterocycles. The lowest BCUT2D eigenvalue weighted by Crippen LogP contribution is -2.40. The van der Waals surface area contributed by atoms with Crippen LogP contribution in [0.4, 0.5) is 0 Å². The highest BCUT2D eigenvalue weighted by molar-refractivity contribution is 5.66. The van der Waals surface area contributed by atoms with Crippen LogP contribution < -0.4 is 0 Å². The van der Waals surface area contributed by atoms with Crippen molar-refractivity contribution >= 4 is 5.97 Å². The first kappa shape index (κ1) is 15.4. The Morgan fingerprint density at radius 2 is 1.69 bits per heavy atom. The van der Waals surface area contributed by atoms with Crippen molar-refractivity contribution < 1.29 is 9.90 Å². The van der Waals surface area contributed by atoms with Gasteiger partial charge in [-0.2, -0.15) is 0 Å². The molecule has 0 aromatic rings. The lowest BCUT2D eigenvalue weighted by atomic mass is 10.0. The van der Waals surface area contributed by atoms with Gasteiger partial charge in [-0.25, -0.2) is 0 Å². The minimum Gasteiger partial charge on any atom is -0.481 e. The van der Waals surface area contributed by atoms with E-state index in [-0.39, 0.29) is 6.42 Å². The maximum Gasteiger partial charge on any atom is 0.304 e. The van der Waals surface area contributed by atoms with Crippen molar-refractivity contribution in [3.63, 3.8) is 0 Å². The van der Waals surface area contributed by atoms with Gasteiger partial charge < -0.3 is 5.11 Å². The van der Waals surface area contributed by atoms with Crippen molar-refractivity contribution in [3.05, 3.63) is 0 Å². The van der Waals surface area contributed by atoms with Gasteiger partial charge in [-0.3, -0.25) is 9.69 Å². The summed E-state index contributed by atoms with van der Waals surface area (Å²) in [4.78, 5) is 12.9. The zero-order valence-corrected chi connectivity index (χ0v) is 11.4. The third kappa shape index (κ3) is 6.83. The molecule has 0 aliphatic rings. The highest BCUT2D eigenvalue weighted by Gasteiger charge is 2.17. The highest BCUT2D eigenvalue weighted by Crippen LogP contribution is 2.14. The predicted molar refractivity (Wildman–Crippen MR) is 67.6 cm³/mol. The maximum absolute atomic E-state index is 10.6. The lowest BCUT2D eigenvalue weighted by Gasteiger charge is -2.32. The van der Waals surface area contributed by atoms with Gasteiger partial charge in [0.2, 0.25) is 0 Å². The van der Waals surface area contributed by atoms with Gasteiger partial charge in [0.1, 0.15) is 0 Å². The van der Waals surface area contributed by atoms with Crippen LogP contribution in [0.3, 0.4) is 0 Å². The first-order chi connectivity index (χ1) is 7.34. The molecule has 1 unspecified atom stereocenters. The normalized spacial score (nSPS) is 13.8. The fourth-order valence-corrected chi connectivity index (χ4v) is 1.95. The second-order valence-corrected chi connectivity index (χ2v) is 5.30. The van der Waals surface area contributed by atoms with Crippen molar-refractivity contribution in [3.8, 4) is 0 Å².